The van der Waals surface area contributed by atoms with E-state index in [1.165, 1.54) is 16.2 Å². The molecule has 0 saturated heterocycles. The van der Waals surface area contributed by atoms with Gasteiger partial charge < -0.3 is 9.64 Å². The number of amides is 1. The number of aryl methyl sites for hydroxylation is 1. The van der Waals surface area contributed by atoms with Crippen molar-refractivity contribution in [3.63, 3.8) is 0 Å². The highest BCUT2D eigenvalue weighted by Gasteiger charge is 2.30. The summed E-state index contributed by atoms with van der Waals surface area (Å²) in [6, 6.07) is 8.91. The Labute approximate surface area is 139 Å². The van der Waals surface area contributed by atoms with Crippen molar-refractivity contribution < 1.29 is 14.3 Å². The number of carbonyl (C=O) groups excluding carboxylic acids is 2. The van der Waals surface area contributed by atoms with Crippen LogP contribution in [0.5, 0.6) is 0 Å². The summed E-state index contributed by atoms with van der Waals surface area (Å²) in [6.07, 6.45) is 0.408. The van der Waals surface area contributed by atoms with Gasteiger partial charge in [-0.1, -0.05) is 30.3 Å². The fourth-order valence-corrected chi connectivity index (χ4v) is 2.82. The van der Waals surface area contributed by atoms with E-state index in [1.807, 2.05) is 37.3 Å². The van der Waals surface area contributed by atoms with Crippen LogP contribution in [0.4, 0.5) is 0 Å². The number of thiazole rings is 1. The number of esters is 1. The minimum absolute atomic E-state index is 0.275. The predicted molar refractivity (Wildman–Crippen MR) is 89.5 cm³/mol. The van der Waals surface area contributed by atoms with Gasteiger partial charge in [0, 0.05) is 18.8 Å². The fourth-order valence-electron chi connectivity index (χ4n) is 2.24. The third-order valence-electron chi connectivity index (χ3n) is 3.46. The highest BCUT2D eigenvalue weighted by Crippen LogP contribution is 2.15. The van der Waals surface area contributed by atoms with Gasteiger partial charge >= 0.3 is 5.97 Å². The Morgan fingerprint density at radius 2 is 2.00 bits per heavy atom. The Hall–Kier alpha value is -2.21. The molecule has 1 heterocycles. The molecular formula is C17H20N2O3S. The third-order valence-corrected chi connectivity index (χ3v) is 4.23. The van der Waals surface area contributed by atoms with Crippen LogP contribution in [0.1, 0.15) is 28.0 Å². The average molecular weight is 332 g/mol. The minimum Gasteiger partial charge on any atom is -0.464 e. The number of hydrogen-bond donors (Lipinski definition) is 0. The Morgan fingerprint density at radius 1 is 1.30 bits per heavy atom. The van der Waals surface area contributed by atoms with Gasteiger partial charge in [-0.2, -0.15) is 0 Å². The molecule has 0 bridgehead atoms. The van der Waals surface area contributed by atoms with Gasteiger partial charge in [0.25, 0.3) is 5.91 Å². The third kappa shape index (κ3) is 4.39. The molecule has 1 aromatic carbocycles. The molecule has 5 nitrogen and oxygen atoms in total. The van der Waals surface area contributed by atoms with Gasteiger partial charge in [-0.3, -0.25) is 4.79 Å². The number of aromatic nitrogens is 1. The lowest BCUT2D eigenvalue weighted by Gasteiger charge is -2.26. The molecular weight excluding hydrogens is 312 g/mol. The number of ether oxygens (including phenoxy) is 1. The molecule has 1 aromatic heterocycles. The highest BCUT2D eigenvalue weighted by atomic mass is 32.1. The van der Waals surface area contributed by atoms with Gasteiger partial charge in [0.1, 0.15) is 11.7 Å². The van der Waals surface area contributed by atoms with Crippen molar-refractivity contribution >= 4 is 23.2 Å². The molecule has 0 aliphatic heterocycles. The molecule has 23 heavy (non-hydrogen) atoms. The maximum Gasteiger partial charge on any atom is 0.329 e. The number of hydrogen-bond acceptors (Lipinski definition) is 5. The summed E-state index contributed by atoms with van der Waals surface area (Å²) >= 11 is 1.41. The van der Waals surface area contributed by atoms with Crippen molar-refractivity contribution in [3.8, 4) is 0 Å². The van der Waals surface area contributed by atoms with Crippen molar-refractivity contribution in [2.45, 2.75) is 26.3 Å². The molecule has 0 radical (unpaired) electrons. The Kier molecular flexibility index (Phi) is 5.87. The first-order valence-electron chi connectivity index (χ1n) is 7.42. The Morgan fingerprint density at radius 3 is 2.57 bits per heavy atom. The van der Waals surface area contributed by atoms with Crippen molar-refractivity contribution in [2.75, 3.05) is 13.7 Å². The largest absolute Gasteiger partial charge is 0.464 e. The van der Waals surface area contributed by atoms with Gasteiger partial charge in [0.15, 0.2) is 0 Å². The summed E-state index contributed by atoms with van der Waals surface area (Å²) in [5, 5.41) is 2.52. The van der Waals surface area contributed by atoms with Gasteiger partial charge in [0.05, 0.1) is 11.6 Å². The van der Waals surface area contributed by atoms with E-state index in [0.717, 1.165) is 10.6 Å². The smallest absolute Gasteiger partial charge is 0.329 e. The van der Waals surface area contributed by atoms with E-state index in [9.17, 15) is 9.59 Å². The monoisotopic (exact) mass is 332 g/mol. The summed E-state index contributed by atoms with van der Waals surface area (Å²) in [5.74, 6) is -0.678. The number of rotatable bonds is 6. The van der Waals surface area contributed by atoms with Gasteiger partial charge in [-0.25, -0.2) is 9.78 Å². The minimum atomic E-state index is -0.674. The SMILES string of the molecule is CCOC(=O)[C@@H](Cc1ccccc1)N(C)C(=O)c1csc(C)n1. The van der Waals surface area contributed by atoms with Crippen LogP contribution in [-0.4, -0.2) is 41.5 Å². The van der Waals surface area contributed by atoms with Crippen LogP contribution in [0.3, 0.4) is 0 Å². The lowest BCUT2D eigenvalue weighted by Crippen LogP contribution is -2.45. The zero-order valence-electron chi connectivity index (χ0n) is 13.5. The first-order valence-corrected chi connectivity index (χ1v) is 8.30. The molecule has 0 unspecified atom stereocenters. The quantitative estimate of drug-likeness (QED) is 0.763. The summed E-state index contributed by atoms with van der Waals surface area (Å²) in [4.78, 5) is 30.5. The van der Waals surface area contributed by atoms with Crippen LogP contribution in [0, 0.1) is 6.92 Å². The van der Waals surface area contributed by atoms with Crippen LogP contribution in [-0.2, 0) is 16.0 Å². The van der Waals surface area contributed by atoms with Crippen LogP contribution in [0.15, 0.2) is 35.7 Å². The number of nitrogens with zero attached hydrogens (tertiary/aromatic N) is 2. The second kappa shape index (κ2) is 7.87. The van der Waals surface area contributed by atoms with E-state index in [1.54, 1.807) is 19.4 Å². The molecule has 1 amide bonds. The van der Waals surface area contributed by atoms with Gasteiger partial charge in [0.2, 0.25) is 0 Å². The molecule has 0 N–H and O–H groups in total. The fraction of sp³-hybridized carbons (Fsp3) is 0.353. The van der Waals surface area contributed by atoms with E-state index in [-0.39, 0.29) is 12.5 Å². The van der Waals surface area contributed by atoms with Crippen molar-refractivity contribution in [2.24, 2.45) is 0 Å². The summed E-state index contributed by atoms with van der Waals surface area (Å²) < 4.78 is 5.14. The van der Waals surface area contributed by atoms with Crippen LogP contribution >= 0.6 is 11.3 Å². The molecule has 0 saturated carbocycles. The molecule has 122 valence electrons. The molecule has 2 rings (SSSR count). The topological polar surface area (TPSA) is 59.5 Å². The zero-order valence-corrected chi connectivity index (χ0v) is 14.3. The number of likely N-dealkylation sites (N-methyl/N-ethyl adjacent to an activating group) is 1. The van der Waals surface area contributed by atoms with Gasteiger partial charge in [-0.05, 0) is 19.4 Å². The summed E-state index contributed by atoms with van der Waals surface area (Å²) in [5.41, 5.74) is 1.33. The second-order valence-corrected chi connectivity index (χ2v) is 6.19. The van der Waals surface area contributed by atoms with E-state index in [0.29, 0.717) is 12.1 Å². The Bertz CT molecular complexity index is 669. The average Bonchev–Trinajstić information content (AvgIpc) is 2.99. The number of benzene rings is 1. The molecule has 0 aliphatic carbocycles. The van der Waals surface area contributed by atoms with E-state index >= 15 is 0 Å². The van der Waals surface area contributed by atoms with Crippen LogP contribution < -0.4 is 0 Å². The Balaban J connectivity index is 2.21. The van der Waals surface area contributed by atoms with Crippen LogP contribution in [0.2, 0.25) is 0 Å². The zero-order chi connectivity index (χ0) is 16.8. The normalized spacial score (nSPS) is 11.8. The standard InChI is InChI=1S/C17H20N2O3S/c1-4-22-17(21)15(10-13-8-6-5-7-9-13)19(3)16(20)14-11-23-12(2)18-14/h5-9,11,15H,4,10H2,1-3H3/t15-/m1/s1. The first-order chi connectivity index (χ1) is 11.0. The predicted octanol–water partition coefficient (Wildman–Crippen LogP) is 2.70. The van der Waals surface area contributed by atoms with Crippen molar-refractivity contribution in [1.29, 1.82) is 0 Å². The summed E-state index contributed by atoms with van der Waals surface area (Å²) in [6.45, 7) is 3.87. The van der Waals surface area contributed by atoms with Crippen LogP contribution in [0.25, 0.3) is 0 Å². The number of carbonyl (C=O) groups is 2. The molecule has 0 aliphatic rings. The highest BCUT2D eigenvalue weighted by molar-refractivity contribution is 7.09. The maximum absolute atomic E-state index is 12.6. The van der Waals surface area contributed by atoms with Gasteiger partial charge in [-0.15, -0.1) is 11.3 Å². The maximum atomic E-state index is 12.6. The van der Waals surface area contributed by atoms with E-state index < -0.39 is 12.0 Å². The van der Waals surface area contributed by atoms with E-state index in [2.05, 4.69) is 4.98 Å². The van der Waals surface area contributed by atoms with Crippen molar-refractivity contribution in [3.05, 3.63) is 52.0 Å². The lowest BCUT2D eigenvalue weighted by molar-refractivity contribution is -0.148. The van der Waals surface area contributed by atoms with Crippen molar-refractivity contribution in [1.82, 2.24) is 9.88 Å². The molecule has 6 heteroatoms. The molecule has 1 atom stereocenters. The molecule has 2 aromatic rings. The molecule has 0 fully saturated rings. The molecule has 0 spiro atoms. The summed E-state index contributed by atoms with van der Waals surface area (Å²) in [7, 11) is 1.61. The second-order valence-electron chi connectivity index (χ2n) is 5.13. The first kappa shape index (κ1) is 17.1. The van der Waals surface area contributed by atoms with E-state index in [4.69, 9.17) is 4.74 Å². The lowest BCUT2D eigenvalue weighted by atomic mass is 10.0.